The molecular formula is C28H24N2O4S. The molecule has 4 aromatic rings. The van der Waals surface area contributed by atoms with Crippen LogP contribution in [-0.2, 0) is 21.2 Å². The zero-order valence-corrected chi connectivity index (χ0v) is 20.2. The molecule has 0 fully saturated rings. The molecule has 6 nitrogen and oxygen atoms in total. The van der Waals surface area contributed by atoms with E-state index >= 15 is 0 Å². The quantitative estimate of drug-likeness (QED) is 0.356. The highest BCUT2D eigenvalue weighted by Crippen LogP contribution is 2.38. The summed E-state index contributed by atoms with van der Waals surface area (Å²) in [7, 11) is -2.73. The van der Waals surface area contributed by atoms with Gasteiger partial charge in [0.1, 0.15) is 5.69 Å². The highest BCUT2D eigenvalue weighted by Gasteiger charge is 2.33. The Morgan fingerprint density at radius 2 is 1.77 bits per heavy atom. The van der Waals surface area contributed by atoms with Crippen LogP contribution in [0.5, 0.6) is 0 Å². The van der Waals surface area contributed by atoms with E-state index in [2.05, 4.69) is 17.1 Å². The first kappa shape index (κ1) is 22.8. The maximum absolute atomic E-state index is 13.6. The van der Waals surface area contributed by atoms with E-state index in [1.54, 1.807) is 36.5 Å². The molecule has 0 amide bonds. The highest BCUT2D eigenvalue weighted by atomic mass is 32.2. The second-order valence-corrected chi connectivity index (χ2v) is 10.3. The first-order valence-corrected chi connectivity index (χ1v) is 12.7. The molecule has 2 aromatic heterocycles. The van der Waals surface area contributed by atoms with Crippen molar-refractivity contribution in [2.75, 3.05) is 7.11 Å². The summed E-state index contributed by atoms with van der Waals surface area (Å²) in [5.41, 5.74) is 6.34. The van der Waals surface area contributed by atoms with Gasteiger partial charge in [0.15, 0.2) is 0 Å². The summed E-state index contributed by atoms with van der Waals surface area (Å²) in [5.74, 6) is -0.687. The van der Waals surface area contributed by atoms with Crippen LogP contribution in [0.4, 0.5) is 0 Å². The second kappa shape index (κ2) is 9.00. The summed E-state index contributed by atoms with van der Waals surface area (Å²) < 4.78 is 33.3. The lowest BCUT2D eigenvalue weighted by Gasteiger charge is -2.12. The van der Waals surface area contributed by atoms with E-state index in [0.29, 0.717) is 18.5 Å². The minimum atomic E-state index is -3.98. The van der Waals surface area contributed by atoms with Crippen LogP contribution in [0, 0.1) is 6.92 Å². The third-order valence-corrected chi connectivity index (χ3v) is 7.97. The number of esters is 1. The number of rotatable bonds is 5. The number of aromatic nitrogens is 2. The van der Waals surface area contributed by atoms with Gasteiger partial charge in [0.25, 0.3) is 10.0 Å². The van der Waals surface area contributed by atoms with Crippen LogP contribution in [0.3, 0.4) is 0 Å². The molecule has 0 unspecified atom stereocenters. The van der Waals surface area contributed by atoms with Crippen LogP contribution in [-0.4, -0.2) is 30.5 Å². The number of allylic oxidation sites excluding steroid dienone is 1. The zero-order chi connectivity index (χ0) is 24.6. The Hall–Kier alpha value is -3.97. The molecule has 2 aromatic carbocycles. The predicted octanol–water partition coefficient (Wildman–Crippen LogP) is 5.37. The molecule has 0 atom stereocenters. The highest BCUT2D eigenvalue weighted by molar-refractivity contribution is 7.90. The average Bonchev–Trinajstić information content (AvgIpc) is 3.45. The van der Waals surface area contributed by atoms with E-state index in [4.69, 9.17) is 4.74 Å². The van der Waals surface area contributed by atoms with Gasteiger partial charge in [0.05, 0.1) is 12.0 Å². The van der Waals surface area contributed by atoms with Gasteiger partial charge in [-0.2, -0.15) is 0 Å². The van der Waals surface area contributed by atoms with Gasteiger partial charge >= 0.3 is 5.97 Å². The summed E-state index contributed by atoms with van der Waals surface area (Å²) in [6, 6.07) is 20.2. The smallest absolute Gasteiger partial charge is 0.355 e. The van der Waals surface area contributed by atoms with Crippen molar-refractivity contribution < 1.29 is 17.9 Å². The molecule has 1 aliphatic carbocycles. The number of methoxy groups -OCH3 is 1. The molecule has 2 heterocycles. The molecule has 0 radical (unpaired) electrons. The monoisotopic (exact) mass is 484 g/mol. The fourth-order valence-electron chi connectivity index (χ4n) is 4.46. The number of nitrogens with zero attached hydrogens (tertiary/aromatic N) is 2. The van der Waals surface area contributed by atoms with Crippen LogP contribution >= 0.6 is 0 Å². The summed E-state index contributed by atoms with van der Waals surface area (Å²) in [4.78, 5) is 16.9. The summed E-state index contributed by atoms with van der Waals surface area (Å²) in [6.07, 6.45) is 6.79. The summed E-state index contributed by atoms with van der Waals surface area (Å²) >= 11 is 0. The van der Waals surface area contributed by atoms with Crippen LogP contribution < -0.4 is 0 Å². The van der Waals surface area contributed by atoms with E-state index in [9.17, 15) is 13.2 Å². The van der Waals surface area contributed by atoms with Crippen LogP contribution in [0.25, 0.3) is 22.8 Å². The lowest BCUT2D eigenvalue weighted by molar-refractivity contribution is 0.0592. The number of benzene rings is 2. The Morgan fingerprint density at radius 3 is 2.49 bits per heavy atom. The SMILES string of the molecule is COC(=O)c1cc2c(n1S(=O)(=O)c1ccc(C)cc1)CC/C2=C\c1cccc(-c2cccnc2)c1. The van der Waals surface area contributed by atoms with Crippen molar-refractivity contribution in [3.63, 3.8) is 0 Å². The third kappa shape index (κ3) is 4.19. The van der Waals surface area contributed by atoms with Crippen LogP contribution in [0.1, 0.15) is 39.3 Å². The van der Waals surface area contributed by atoms with Gasteiger partial charge in [0.2, 0.25) is 0 Å². The number of ether oxygens (including phenoxy) is 1. The van der Waals surface area contributed by atoms with Crippen LogP contribution in [0.2, 0.25) is 0 Å². The molecule has 176 valence electrons. The van der Waals surface area contributed by atoms with Gasteiger partial charge in [-0.15, -0.1) is 0 Å². The van der Waals surface area contributed by atoms with Gasteiger partial charge in [-0.25, -0.2) is 17.2 Å². The van der Waals surface area contributed by atoms with Crippen molar-refractivity contribution in [3.8, 4) is 11.1 Å². The Labute approximate surface area is 204 Å². The first-order chi connectivity index (χ1) is 16.9. The fourth-order valence-corrected chi connectivity index (χ4v) is 6.02. The lowest BCUT2D eigenvalue weighted by atomic mass is 10.0. The topological polar surface area (TPSA) is 78.3 Å². The standard InChI is InChI=1S/C28H24N2O4S/c1-19-8-11-24(12-9-19)35(32,33)30-26-13-10-22(25(26)17-27(30)28(31)34-2)16-20-5-3-6-21(15-20)23-7-4-14-29-18-23/h3-9,11-12,14-18H,10,13H2,1-2H3/b22-16+. The molecule has 0 spiro atoms. The Balaban J connectivity index is 1.61. The van der Waals surface area contributed by atoms with E-state index in [-0.39, 0.29) is 10.6 Å². The number of aryl methyl sites for hydroxylation is 1. The van der Waals surface area contributed by atoms with E-state index in [1.165, 1.54) is 7.11 Å². The largest absolute Gasteiger partial charge is 0.464 e. The molecule has 35 heavy (non-hydrogen) atoms. The van der Waals surface area contributed by atoms with Gasteiger partial charge in [-0.05, 0) is 66.8 Å². The molecule has 0 saturated heterocycles. The molecule has 7 heteroatoms. The number of pyridine rings is 1. The molecule has 0 saturated carbocycles. The minimum Gasteiger partial charge on any atom is -0.464 e. The lowest BCUT2D eigenvalue weighted by Crippen LogP contribution is -2.21. The van der Waals surface area contributed by atoms with Gasteiger partial charge in [-0.1, -0.05) is 48.0 Å². The molecule has 0 bridgehead atoms. The summed E-state index contributed by atoms with van der Waals surface area (Å²) in [5, 5.41) is 0. The normalized spacial score (nSPS) is 14.2. The minimum absolute atomic E-state index is 0.00721. The third-order valence-electron chi connectivity index (χ3n) is 6.21. The summed E-state index contributed by atoms with van der Waals surface area (Å²) in [6.45, 7) is 1.89. The molecule has 0 aliphatic heterocycles. The van der Waals surface area contributed by atoms with E-state index in [0.717, 1.165) is 37.4 Å². The number of fused-ring (bicyclic) bond motifs is 1. The van der Waals surface area contributed by atoms with Gasteiger partial charge in [-0.3, -0.25) is 4.98 Å². The van der Waals surface area contributed by atoms with Gasteiger partial charge < -0.3 is 4.74 Å². The maximum Gasteiger partial charge on any atom is 0.355 e. The van der Waals surface area contributed by atoms with Gasteiger partial charge in [0, 0.05) is 29.2 Å². The number of carbonyl (C=O) groups excluding carboxylic acids is 1. The number of hydrogen-bond donors (Lipinski definition) is 0. The van der Waals surface area contributed by atoms with Crippen LogP contribution in [0.15, 0.2) is 84.0 Å². The van der Waals surface area contributed by atoms with Crippen molar-refractivity contribution in [1.29, 1.82) is 0 Å². The average molecular weight is 485 g/mol. The maximum atomic E-state index is 13.6. The van der Waals surface area contributed by atoms with E-state index < -0.39 is 16.0 Å². The Kier molecular flexibility index (Phi) is 5.86. The molecule has 1 aliphatic rings. The Bertz CT molecular complexity index is 1550. The molecule has 0 N–H and O–H groups in total. The van der Waals surface area contributed by atoms with E-state index in [1.807, 2.05) is 43.5 Å². The van der Waals surface area contributed by atoms with Crippen molar-refractivity contribution >= 4 is 27.6 Å². The zero-order valence-electron chi connectivity index (χ0n) is 19.4. The Morgan fingerprint density at radius 1 is 1.00 bits per heavy atom. The first-order valence-electron chi connectivity index (χ1n) is 11.2. The second-order valence-electron chi connectivity index (χ2n) is 8.50. The fraction of sp³-hybridized carbons (Fsp3) is 0.143. The van der Waals surface area contributed by atoms with Crippen molar-refractivity contribution in [2.45, 2.75) is 24.7 Å². The number of carbonyl (C=O) groups is 1. The number of hydrogen-bond acceptors (Lipinski definition) is 5. The van der Waals surface area contributed by atoms with Crippen molar-refractivity contribution in [3.05, 3.63) is 107 Å². The van der Waals surface area contributed by atoms with Crippen molar-refractivity contribution in [1.82, 2.24) is 8.96 Å². The molecular weight excluding hydrogens is 460 g/mol. The van der Waals surface area contributed by atoms with Crippen molar-refractivity contribution in [2.24, 2.45) is 0 Å². The molecule has 5 rings (SSSR count). The predicted molar refractivity (Wildman–Crippen MR) is 135 cm³/mol.